The molecule has 0 atom stereocenters. The average Bonchev–Trinajstić information content (AvgIpc) is 2.75. The van der Waals surface area contributed by atoms with Gasteiger partial charge in [-0.15, -0.1) is 0 Å². The number of hydrogen-bond donors (Lipinski definition) is 0. The van der Waals surface area contributed by atoms with Gasteiger partial charge >= 0.3 is 0 Å². The highest BCUT2D eigenvalue weighted by atomic mass is 35.5. The lowest BCUT2D eigenvalue weighted by atomic mass is 10.1. The number of hydrogen-bond acceptors (Lipinski definition) is 2. The maximum absolute atomic E-state index is 12.3. The number of ketones is 1. The summed E-state index contributed by atoms with van der Waals surface area (Å²) in [6.07, 6.45) is 1.69. The van der Waals surface area contributed by atoms with Crippen LogP contribution in [0.1, 0.15) is 23.0 Å². The second-order valence-electron chi connectivity index (χ2n) is 4.01. The minimum atomic E-state index is -0.0947. The Morgan fingerprint density at radius 3 is 2.58 bits per heavy atom. The zero-order chi connectivity index (χ0) is 14.0. The number of aromatic nitrogens is 2. The Morgan fingerprint density at radius 1 is 1.21 bits per heavy atom. The zero-order valence-electron chi connectivity index (χ0n) is 10.2. The van der Waals surface area contributed by atoms with Gasteiger partial charge in [0.2, 0.25) is 0 Å². The lowest BCUT2D eigenvalue weighted by molar-refractivity contribution is 0.0983. The molecule has 1 aromatic heterocycles. The van der Waals surface area contributed by atoms with E-state index in [1.165, 1.54) is 6.20 Å². The highest BCUT2D eigenvalue weighted by Gasteiger charge is 2.17. The van der Waals surface area contributed by atoms with E-state index in [9.17, 15) is 4.79 Å². The second kappa shape index (κ2) is 5.95. The Balaban J connectivity index is 2.25. The number of rotatable bonds is 4. The molecular formula is C13H11Cl3N2O. The summed E-state index contributed by atoms with van der Waals surface area (Å²) < 4.78 is 1.59. The van der Waals surface area contributed by atoms with Crippen molar-refractivity contribution in [1.29, 1.82) is 0 Å². The lowest BCUT2D eigenvalue weighted by Crippen LogP contribution is -2.12. The van der Waals surface area contributed by atoms with Crippen LogP contribution in [0, 0.1) is 0 Å². The molecule has 0 bridgehead atoms. The Morgan fingerprint density at radius 2 is 1.95 bits per heavy atom. The molecule has 0 unspecified atom stereocenters. The van der Waals surface area contributed by atoms with Gasteiger partial charge in [-0.2, -0.15) is 5.10 Å². The van der Waals surface area contributed by atoms with Crippen LogP contribution >= 0.6 is 34.8 Å². The van der Waals surface area contributed by atoms with Gasteiger partial charge in [0, 0.05) is 13.0 Å². The van der Waals surface area contributed by atoms with Gasteiger partial charge in [-0.1, -0.05) is 40.9 Å². The molecule has 19 heavy (non-hydrogen) atoms. The first-order chi connectivity index (χ1) is 9.02. The predicted octanol–water partition coefficient (Wildman–Crippen LogP) is 4.29. The van der Waals surface area contributed by atoms with Crippen molar-refractivity contribution in [2.45, 2.75) is 19.9 Å². The SMILES string of the molecule is CCn1ncc(Cl)c1C(=O)Cc1ccc(Cl)c(Cl)c1. The third-order valence-corrected chi connectivity index (χ3v) is 3.72. The standard InChI is InChI=1S/C13H11Cl3N2O/c1-2-18-13(11(16)7-17-18)12(19)6-8-3-4-9(14)10(15)5-8/h3-5,7H,2,6H2,1H3. The summed E-state index contributed by atoms with van der Waals surface area (Å²) in [5, 5.41) is 5.31. The molecule has 2 rings (SSSR count). The summed E-state index contributed by atoms with van der Waals surface area (Å²) in [4.78, 5) is 12.3. The highest BCUT2D eigenvalue weighted by molar-refractivity contribution is 6.42. The van der Waals surface area contributed by atoms with E-state index < -0.39 is 0 Å². The number of nitrogens with zero attached hydrogens (tertiary/aromatic N) is 2. The van der Waals surface area contributed by atoms with Crippen molar-refractivity contribution in [3.05, 3.63) is 50.7 Å². The summed E-state index contributed by atoms with van der Waals surface area (Å²) in [5.74, 6) is -0.0947. The molecule has 6 heteroatoms. The third kappa shape index (κ3) is 3.11. The maximum Gasteiger partial charge on any atom is 0.186 e. The Kier molecular flexibility index (Phi) is 4.50. The average molecular weight is 318 g/mol. The van der Waals surface area contributed by atoms with Crippen LogP contribution in [0.5, 0.6) is 0 Å². The molecule has 0 aliphatic carbocycles. The van der Waals surface area contributed by atoms with Crippen molar-refractivity contribution in [3.8, 4) is 0 Å². The molecule has 0 fully saturated rings. The van der Waals surface area contributed by atoms with Crippen LogP contribution in [-0.4, -0.2) is 15.6 Å². The fourth-order valence-electron chi connectivity index (χ4n) is 1.80. The van der Waals surface area contributed by atoms with Crippen LogP contribution in [-0.2, 0) is 13.0 Å². The van der Waals surface area contributed by atoms with E-state index in [4.69, 9.17) is 34.8 Å². The minimum absolute atomic E-state index is 0.0947. The number of carbonyl (C=O) groups excluding carboxylic acids is 1. The highest BCUT2D eigenvalue weighted by Crippen LogP contribution is 2.24. The van der Waals surface area contributed by atoms with Gasteiger partial charge in [0.1, 0.15) is 5.69 Å². The molecule has 100 valence electrons. The Labute approximate surface area is 126 Å². The molecule has 1 heterocycles. The largest absolute Gasteiger partial charge is 0.292 e. The van der Waals surface area contributed by atoms with Gasteiger partial charge in [-0.05, 0) is 24.6 Å². The second-order valence-corrected chi connectivity index (χ2v) is 5.23. The summed E-state index contributed by atoms with van der Waals surface area (Å²) in [5.41, 5.74) is 1.22. The van der Waals surface area contributed by atoms with E-state index in [1.54, 1.807) is 22.9 Å². The van der Waals surface area contributed by atoms with Crippen LogP contribution in [0.15, 0.2) is 24.4 Å². The van der Waals surface area contributed by atoms with Crippen LogP contribution in [0.25, 0.3) is 0 Å². The van der Waals surface area contributed by atoms with Gasteiger partial charge in [0.25, 0.3) is 0 Å². The Bertz CT molecular complexity index is 622. The van der Waals surface area contributed by atoms with Crippen molar-refractivity contribution in [2.75, 3.05) is 0 Å². The van der Waals surface area contributed by atoms with Gasteiger partial charge in [-0.3, -0.25) is 9.48 Å². The summed E-state index contributed by atoms with van der Waals surface area (Å²) in [6, 6.07) is 5.13. The molecular weight excluding hydrogens is 307 g/mol. The van der Waals surface area contributed by atoms with E-state index in [1.807, 2.05) is 6.92 Å². The summed E-state index contributed by atoms with van der Waals surface area (Å²) in [6.45, 7) is 2.49. The van der Waals surface area contributed by atoms with Crippen molar-refractivity contribution in [3.63, 3.8) is 0 Å². The van der Waals surface area contributed by atoms with Gasteiger partial charge in [0.05, 0.1) is 21.3 Å². The Hall–Kier alpha value is -1.03. The molecule has 0 spiro atoms. The quantitative estimate of drug-likeness (QED) is 0.789. The number of carbonyl (C=O) groups is 1. The summed E-state index contributed by atoms with van der Waals surface area (Å²) in [7, 11) is 0. The van der Waals surface area contributed by atoms with E-state index >= 15 is 0 Å². The monoisotopic (exact) mass is 316 g/mol. The van der Waals surface area contributed by atoms with Gasteiger partial charge < -0.3 is 0 Å². The van der Waals surface area contributed by atoms with E-state index in [-0.39, 0.29) is 12.2 Å². The molecule has 0 saturated heterocycles. The van der Waals surface area contributed by atoms with E-state index in [2.05, 4.69) is 5.10 Å². The van der Waals surface area contributed by atoms with Crippen molar-refractivity contribution >= 4 is 40.6 Å². The number of halogens is 3. The molecule has 0 radical (unpaired) electrons. The van der Waals surface area contributed by atoms with Crippen LogP contribution in [0.3, 0.4) is 0 Å². The fraction of sp³-hybridized carbons (Fsp3) is 0.231. The van der Waals surface area contributed by atoms with Gasteiger partial charge in [0.15, 0.2) is 5.78 Å². The number of benzene rings is 1. The predicted molar refractivity (Wildman–Crippen MR) is 77.4 cm³/mol. The minimum Gasteiger partial charge on any atom is -0.292 e. The van der Waals surface area contributed by atoms with E-state index in [0.717, 1.165) is 5.56 Å². The van der Waals surface area contributed by atoms with Crippen LogP contribution < -0.4 is 0 Å². The molecule has 0 aliphatic rings. The number of aryl methyl sites for hydroxylation is 1. The maximum atomic E-state index is 12.3. The normalized spacial score (nSPS) is 10.7. The molecule has 2 aromatic rings. The van der Waals surface area contributed by atoms with Crippen molar-refractivity contribution < 1.29 is 4.79 Å². The van der Waals surface area contributed by atoms with Gasteiger partial charge in [-0.25, -0.2) is 0 Å². The van der Waals surface area contributed by atoms with Crippen molar-refractivity contribution in [2.24, 2.45) is 0 Å². The topological polar surface area (TPSA) is 34.9 Å². The fourth-order valence-corrected chi connectivity index (χ4v) is 2.37. The molecule has 1 aromatic carbocycles. The van der Waals surface area contributed by atoms with E-state index in [0.29, 0.717) is 27.3 Å². The molecule has 0 N–H and O–H groups in total. The number of Topliss-reactive ketones (excluding diaryl/α,β-unsaturated/α-hetero) is 1. The van der Waals surface area contributed by atoms with Crippen LogP contribution in [0.4, 0.5) is 0 Å². The lowest BCUT2D eigenvalue weighted by Gasteiger charge is -2.06. The first-order valence-electron chi connectivity index (χ1n) is 5.71. The smallest absolute Gasteiger partial charge is 0.186 e. The molecule has 3 nitrogen and oxygen atoms in total. The first-order valence-corrected chi connectivity index (χ1v) is 6.84. The first kappa shape index (κ1) is 14.4. The third-order valence-electron chi connectivity index (χ3n) is 2.71. The van der Waals surface area contributed by atoms with Crippen LogP contribution in [0.2, 0.25) is 15.1 Å². The zero-order valence-corrected chi connectivity index (χ0v) is 12.4. The molecule has 0 amide bonds. The molecule has 0 saturated carbocycles. The summed E-state index contributed by atoms with van der Waals surface area (Å²) >= 11 is 17.8. The van der Waals surface area contributed by atoms with Crippen molar-refractivity contribution in [1.82, 2.24) is 9.78 Å². The molecule has 0 aliphatic heterocycles.